The largest absolute Gasteiger partial charge is 0.144 e. The van der Waals surface area contributed by atoms with Crippen molar-refractivity contribution in [2.24, 2.45) is 0 Å². The van der Waals surface area contributed by atoms with E-state index in [2.05, 4.69) is 160 Å². The van der Waals surface area contributed by atoms with Gasteiger partial charge in [-0.05, 0) is 80.5 Å². The van der Waals surface area contributed by atoms with Crippen LogP contribution in [0.1, 0.15) is 51.2 Å². The summed E-state index contributed by atoms with van der Waals surface area (Å²) in [6.45, 7) is 0. The average molecular weight is 737 g/mol. The Morgan fingerprint density at radius 2 is 0.673 bits per heavy atom. The van der Waals surface area contributed by atoms with E-state index in [1.165, 1.54) is 78.7 Å². The highest BCUT2D eigenvalue weighted by Crippen LogP contribution is 2.61. The molecule has 2 aromatic carbocycles. The molecular formula is C43H28S6. The average Bonchev–Trinajstić information content (AvgIpc) is 3.94. The summed E-state index contributed by atoms with van der Waals surface area (Å²) in [6, 6.07) is 49.0. The molecule has 0 saturated heterocycles. The summed E-state index contributed by atoms with van der Waals surface area (Å²) in [5.74, 6) is 0.167. The van der Waals surface area contributed by atoms with Gasteiger partial charge in [0.05, 0.1) is 0 Å². The van der Waals surface area contributed by atoms with Crippen molar-refractivity contribution >= 4 is 84.7 Å². The summed E-state index contributed by atoms with van der Waals surface area (Å²) in [4.78, 5) is 9.22. The van der Waals surface area contributed by atoms with E-state index in [-0.39, 0.29) is 5.92 Å². The summed E-state index contributed by atoms with van der Waals surface area (Å²) >= 11 is 11.1. The molecule has 1 fully saturated rings. The van der Waals surface area contributed by atoms with E-state index in [1.807, 2.05) is 68.0 Å². The highest BCUT2D eigenvalue weighted by Gasteiger charge is 2.42. The number of thiophene rings is 6. The summed E-state index contributed by atoms with van der Waals surface area (Å²) in [6.07, 6.45) is 0. The van der Waals surface area contributed by atoms with Gasteiger partial charge in [-0.3, -0.25) is 0 Å². The molecule has 0 unspecified atom stereocenters. The second-order valence-electron chi connectivity index (χ2n) is 11.6. The molecule has 0 bridgehead atoms. The van der Waals surface area contributed by atoms with Crippen molar-refractivity contribution in [3.05, 3.63) is 222 Å². The number of benzene rings is 2. The van der Waals surface area contributed by atoms with E-state index in [0.717, 1.165) is 0 Å². The van der Waals surface area contributed by atoms with Gasteiger partial charge < -0.3 is 0 Å². The van der Waals surface area contributed by atoms with Gasteiger partial charge in [0, 0.05) is 73.5 Å². The van der Waals surface area contributed by atoms with Crippen LogP contribution in [-0.2, 0) is 0 Å². The first-order chi connectivity index (χ1) is 24.3. The summed E-state index contributed by atoms with van der Waals surface area (Å²) < 4.78 is 0. The van der Waals surface area contributed by atoms with E-state index >= 15 is 0 Å². The highest BCUT2D eigenvalue weighted by molar-refractivity contribution is 7.16. The zero-order valence-electron chi connectivity index (χ0n) is 26.1. The normalized spacial score (nSPS) is 12.6. The molecule has 9 rings (SSSR count). The first-order valence-corrected chi connectivity index (χ1v) is 21.2. The maximum Gasteiger partial charge on any atom is 0.0434 e. The molecule has 236 valence electrons. The van der Waals surface area contributed by atoms with Crippen molar-refractivity contribution in [3.63, 3.8) is 0 Å². The van der Waals surface area contributed by atoms with Crippen LogP contribution in [0.2, 0.25) is 0 Å². The summed E-state index contributed by atoms with van der Waals surface area (Å²) in [5.41, 5.74) is 10.8. The van der Waals surface area contributed by atoms with Crippen LogP contribution in [0, 0.1) is 0 Å². The van der Waals surface area contributed by atoms with Crippen LogP contribution in [0.25, 0.3) is 16.7 Å². The molecule has 49 heavy (non-hydrogen) atoms. The number of allylic oxidation sites excluding steroid dienone is 3. The minimum absolute atomic E-state index is 0.167. The van der Waals surface area contributed by atoms with Gasteiger partial charge in [0.25, 0.3) is 0 Å². The fourth-order valence-corrected chi connectivity index (χ4v) is 12.0. The molecule has 1 saturated carbocycles. The second kappa shape index (κ2) is 13.6. The van der Waals surface area contributed by atoms with Crippen molar-refractivity contribution in [1.29, 1.82) is 0 Å². The van der Waals surface area contributed by atoms with Gasteiger partial charge in [-0.25, -0.2) is 0 Å². The van der Waals surface area contributed by atoms with Crippen molar-refractivity contribution in [3.8, 4) is 0 Å². The van der Waals surface area contributed by atoms with Gasteiger partial charge in [-0.2, -0.15) is 0 Å². The van der Waals surface area contributed by atoms with Crippen LogP contribution in [-0.4, -0.2) is 0 Å². The molecule has 6 aromatic heterocycles. The van der Waals surface area contributed by atoms with Gasteiger partial charge in [0.15, 0.2) is 0 Å². The van der Waals surface area contributed by atoms with Crippen molar-refractivity contribution in [1.82, 2.24) is 0 Å². The Labute approximate surface area is 310 Å². The van der Waals surface area contributed by atoms with Crippen LogP contribution in [0.3, 0.4) is 0 Å². The van der Waals surface area contributed by atoms with Crippen LogP contribution in [0.5, 0.6) is 0 Å². The fourth-order valence-electron chi connectivity index (χ4n) is 6.60. The maximum atomic E-state index is 2.38. The van der Waals surface area contributed by atoms with Gasteiger partial charge >= 0.3 is 0 Å². The second-order valence-corrected chi connectivity index (χ2v) is 17.4. The SMILES string of the molecule is c1ccc(C(c2ccccc2)c2ccc(C(=C3C(=C(c4cccs4)c4cccs4)C3=C(c3cccs3)c3cccs3)c3cccs3)s2)cc1. The molecule has 0 nitrogen and oxygen atoms in total. The lowest BCUT2D eigenvalue weighted by Crippen LogP contribution is -2.00. The van der Waals surface area contributed by atoms with E-state index in [1.54, 1.807) is 0 Å². The summed E-state index contributed by atoms with van der Waals surface area (Å²) in [7, 11) is 0. The molecule has 6 heterocycles. The minimum atomic E-state index is 0.167. The Morgan fingerprint density at radius 1 is 0.327 bits per heavy atom. The summed E-state index contributed by atoms with van der Waals surface area (Å²) in [5, 5.41) is 11.0. The Hall–Kier alpha value is -4.14. The lowest BCUT2D eigenvalue weighted by Gasteiger charge is -2.16. The topological polar surface area (TPSA) is 0 Å². The Balaban J connectivity index is 1.34. The van der Waals surface area contributed by atoms with E-state index in [4.69, 9.17) is 0 Å². The zero-order valence-corrected chi connectivity index (χ0v) is 31.0. The van der Waals surface area contributed by atoms with E-state index in [9.17, 15) is 0 Å². The molecule has 8 aromatic rings. The zero-order chi connectivity index (χ0) is 32.6. The van der Waals surface area contributed by atoms with E-state index < -0.39 is 0 Å². The molecule has 0 N–H and O–H groups in total. The molecule has 1 aliphatic rings. The predicted octanol–water partition coefficient (Wildman–Crippen LogP) is 14.1. The molecule has 0 atom stereocenters. The monoisotopic (exact) mass is 736 g/mol. The predicted molar refractivity (Wildman–Crippen MR) is 218 cm³/mol. The third kappa shape index (κ3) is 5.93. The van der Waals surface area contributed by atoms with Crippen LogP contribution in [0.15, 0.2) is 177 Å². The molecule has 0 spiro atoms. The minimum Gasteiger partial charge on any atom is -0.144 e. The Bertz CT molecular complexity index is 2180. The fraction of sp³-hybridized carbons (Fsp3) is 0.0233. The van der Waals surface area contributed by atoms with Gasteiger partial charge in [0.1, 0.15) is 0 Å². The molecule has 0 aliphatic heterocycles. The maximum absolute atomic E-state index is 2.38. The van der Waals surface area contributed by atoms with Crippen molar-refractivity contribution in [2.75, 3.05) is 0 Å². The first-order valence-electron chi connectivity index (χ1n) is 16.0. The van der Waals surface area contributed by atoms with Gasteiger partial charge in [-0.1, -0.05) is 91.0 Å². The number of rotatable bonds is 9. The highest BCUT2D eigenvalue weighted by atomic mass is 32.1. The molecule has 0 amide bonds. The molecule has 6 heteroatoms. The van der Waals surface area contributed by atoms with E-state index in [0.29, 0.717) is 0 Å². The lowest BCUT2D eigenvalue weighted by molar-refractivity contribution is 1.01. The lowest BCUT2D eigenvalue weighted by atomic mass is 9.90. The third-order valence-corrected chi connectivity index (χ3v) is 14.3. The third-order valence-electron chi connectivity index (χ3n) is 8.70. The van der Waals surface area contributed by atoms with Crippen LogP contribution in [0.4, 0.5) is 0 Å². The Morgan fingerprint density at radius 3 is 1.00 bits per heavy atom. The quantitative estimate of drug-likeness (QED) is 0.138. The van der Waals surface area contributed by atoms with Crippen molar-refractivity contribution in [2.45, 2.75) is 5.92 Å². The van der Waals surface area contributed by atoms with Crippen LogP contribution >= 0.6 is 68.0 Å². The molecule has 0 radical (unpaired) electrons. The first kappa shape index (κ1) is 30.9. The van der Waals surface area contributed by atoms with Crippen LogP contribution < -0.4 is 0 Å². The molecule has 1 aliphatic carbocycles. The molecular weight excluding hydrogens is 709 g/mol. The number of hydrogen-bond acceptors (Lipinski definition) is 6. The van der Waals surface area contributed by atoms with Gasteiger partial charge in [-0.15, -0.1) is 68.0 Å². The van der Waals surface area contributed by atoms with Gasteiger partial charge in [0.2, 0.25) is 0 Å². The van der Waals surface area contributed by atoms with Crippen molar-refractivity contribution < 1.29 is 0 Å². The number of hydrogen-bond donors (Lipinski definition) is 0. The standard InChI is InChI=1S/C43H28S6/c1-3-12-28(13-4-1)37(29-14-5-2-6-15-29)35-21-22-36(49-35)40(34-20-11-27-48-34)43-41(38(30-16-7-23-44-30)31-17-8-24-45-31)42(43)39(32-18-9-25-46-32)33-19-10-26-47-33/h1-27,37H. The smallest absolute Gasteiger partial charge is 0.0434 e. The Kier molecular flexibility index (Phi) is 8.60.